The van der Waals surface area contributed by atoms with Crippen molar-refractivity contribution in [2.24, 2.45) is 5.73 Å². The zero-order valence-electron chi connectivity index (χ0n) is 10.8. The first kappa shape index (κ1) is 15.5. The molecule has 2 heteroatoms. The number of nitrogens with two attached hydrogens (primary N) is 1. The maximum absolute atomic E-state index is 6.23. The highest BCUT2D eigenvalue weighted by Crippen LogP contribution is 2.25. The van der Waals surface area contributed by atoms with Crippen LogP contribution in [0.4, 0.5) is 0 Å². The summed E-state index contributed by atoms with van der Waals surface area (Å²) < 4.78 is 0. The van der Waals surface area contributed by atoms with Crippen LogP contribution in [0, 0.1) is 20.8 Å². The second-order valence-electron chi connectivity index (χ2n) is 4.56. The molecule has 0 aliphatic carbocycles. The average molecular weight is 242 g/mol. The molecule has 0 spiro atoms. The van der Waals surface area contributed by atoms with E-state index in [1.165, 1.54) is 35.1 Å². The van der Waals surface area contributed by atoms with Crippen molar-refractivity contribution in [3.63, 3.8) is 0 Å². The Labute approximate surface area is 106 Å². The van der Waals surface area contributed by atoms with E-state index in [4.69, 9.17) is 5.73 Å². The smallest absolute Gasteiger partial charge is 0.0300 e. The number of hydrogen-bond acceptors (Lipinski definition) is 1. The molecule has 0 fully saturated rings. The van der Waals surface area contributed by atoms with E-state index in [1.54, 1.807) is 0 Å². The Morgan fingerprint density at radius 2 is 1.62 bits per heavy atom. The van der Waals surface area contributed by atoms with Gasteiger partial charge in [0.1, 0.15) is 0 Å². The monoisotopic (exact) mass is 241 g/mol. The quantitative estimate of drug-likeness (QED) is 0.839. The number of unbranched alkanes of at least 4 members (excludes halogenated alkanes) is 1. The number of halogens is 1. The predicted molar refractivity (Wildman–Crippen MR) is 74.4 cm³/mol. The summed E-state index contributed by atoms with van der Waals surface area (Å²) in [4.78, 5) is 0. The molecule has 0 bridgehead atoms. The number of hydrogen-bond donors (Lipinski definition) is 1. The first-order valence-corrected chi connectivity index (χ1v) is 5.89. The van der Waals surface area contributed by atoms with Crippen LogP contribution in [0.25, 0.3) is 0 Å². The first-order valence-electron chi connectivity index (χ1n) is 5.89. The fraction of sp³-hybridized carbons (Fsp3) is 0.571. The average Bonchev–Trinajstić information content (AvgIpc) is 2.12. The molecule has 1 nitrogen and oxygen atoms in total. The molecule has 0 heterocycles. The van der Waals surface area contributed by atoms with Crippen LogP contribution in [-0.4, -0.2) is 0 Å². The van der Waals surface area contributed by atoms with Crippen molar-refractivity contribution in [2.45, 2.75) is 53.0 Å². The molecule has 1 rings (SSSR count). The van der Waals surface area contributed by atoms with E-state index in [9.17, 15) is 0 Å². The van der Waals surface area contributed by atoms with Gasteiger partial charge in [-0.05, 0) is 43.9 Å². The zero-order chi connectivity index (χ0) is 11.4. The molecule has 0 unspecified atom stereocenters. The van der Waals surface area contributed by atoms with E-state index < -0.39 is 0 Å². The van der Waals surface area contributed by atoms with Crippen molar-refractivity contribution in [1.82, 2.24) is 0 Å². The molecule has 1 aromatic rings. The highest BCUT2D eigenvalue weighted by molar-refractivity contribution is 5.85. The van der Waals surface area contributed by atoms with Crippen molar-refractivity contribution >= 4 is 12.4 Å². The molecular formula is C14H24ClN. The molecule has 0 saturated heterocycles. The summed E-state index contributed by atoms with van der Waals surface area (Å²) in [6, 6.07) is 4.67. The number of rotatable bonds is 4. The lowest BCUT2D eigenvalue weighted by Crippen LogP contribution is -2.13. The standard InChI is InChI=1S/C14H23N.ClH/c1-5-6-7-13(15)14-11(3)8-10(2)9-12(14)4;/h8-9,13H,5-7,15H2,1-4H3;1H/t13-;/m0./s1. The van der Waals surface area contributed by atoms with Gasteiger partial charge < -0.3 is 5.73 Å². The molecule has 92 valence electrons. The van der Waals surface area contributed by atoms with Crippen LogP contribution in [0.15, 0.2) is 12.1 Å². The molecule has 0 aromatic heterocycles. The SMILES string of the molecule is CCCC[C@H](N)c1c(C)cc(C)cc1C.Cl. The minimum atomic E-state index is 0. The summed E-state index contributed by atoms with van der Waals surface area (Å²) in [6.07, 6.45) is 3.53. The largest absolute Gasteiger partial charge is 0.324 e. The summed E-state index contributed by atoms with van der Waals surface area (Å²) in [5.41, 5.74) is 11.6. The normalized spacial score (nSPS) is 12.1. The Hall–Kier alpha value is -0.530. The zero-order valence-corrected chi connectivity index (χ0v) is 11.7. The Balaban J connectivity index is 0.00000225. The third-order valence-electron chi connectivity index (χ3n) is 2.98. The van der Waals surface area contributed by atoms with Gasteiger partial charge in [-0.15, -0.1) is 12.4 Å². The summed E-state index contributed by atoms with van der Waals surface area (Å²) in [5.74, 6) is 0. The summed E-state index contributed by atoms with van der Waals surface area (Å²) in [5, 5.41) is 0. The van der Waals surface area contributed by atoms with Gasteiger partial charge in [-0.3, -0.25) is 0 Å². The van der Waals surface area contributed by atoms with Gasteiger partial charge in [-0.2, -0.15) is 0 Å². The van der Waals surface area contributed by atoms with Crippen molar-refractivity contribution in [1.29, 1.82) is 0 Å². The molecule has 0 aliphatic heterocycles. The fourth-order valence-electron chi connectivity index (χ4n) is 2.34. The van der Waals surface area contributed by atoms with E-state index >= 15 is 0 Å². The van der Waals surface area contributed by atoms with Gasteiger partial charge in [0, 0.05) is 6.04 Å². The van der Waals surface area contributed by atoms with Gasteiger partial charge in [-0.1, -0.05) is 37.5 Å². The maximum atomic E-state index is 6.23. The maximum Gasteiger partial charge on any atom is 0.0300 e. The Bertz CT molecular complexity index is 311. The van der Waals surface area contributed by atoms with E-state index in [2.05, 4.69) is 39.8 Å². The van der Waals surface area contributed by atoms with E-state index in [0.717, 1.165) is 6.42 Å². The van der Waals surface area contributed by atoms with Gasteiger partial charge >= 0.3 is 0 Å². The predicted octanol–water partition coefficient (Wildman–Crippen LogP) is 4.22. The highest BCUT2D eigenvalue weighted by Gasteiger charge is 2.11. The molecule has 0 radical (unpaired) electrons. The lowest BCUT2D eigenvalue weighted by molar-refractivity contribution is 0.598. The van der Waals surface area contributed by atoms with Crippen molar-refractivity contribution < 1.29 is 0 Å². The summed E-state index contributed by atoms with van der Waals surface area (Å²) >= 11 is 0. The van der Waals surface area contributed by atoms with Gasteiger partial charge in [0.25, 0.3) is 0 Å². The number of benzene rings is 1. The second kappa shape index (κ2) is 6.93. The molecule has 0 amide bonds. The van der Waals surface area contributed by atoms with Crippen LogP contribution in [0.1, 0.15) is 54.5 Å². The third-order valence-corrected chi connectivity index (χ3v) is 2.98. The van der Waals surface area contributed by atoms with Crippen LogP contribution in [0.5, 0.6) is 0 Å². The molecule has 1 aromatic carbocycles. The van der Waals surface area contributed by atoms with Crippen LogP contribution in [0.2, 0.25) is 0 Å². The number of aryl methyl sites for hydroxylation is 3. The van der Waals surface area contributed by atoms with Crippen molar-refractivity contribution in [2.75, 3.05) is 0 Å². The van der Waals surface area contributed by atoms with Crippen LogP contribution in [0.3, 0.4) is 0 Å². The van der Waals surface area contributed by atoms with E-state index in [0.29, 0.717) is 0 Å². The minimum Gasteiger partial charge on any atom is -0.324 e. The van der Waals surface area contributed by atoms with Crippen LogP contribution >= 0.6 is 12.4 Å². The molecule has 0 saturated carbocycles. The van der Waals surface area contributed by atoms with E-state index in [-0.39, 0.29) is 18.4 Å². The summed E-state index contributed by atoms with van der Waals surface area (Å²) in [6.45, 7) is 8.69. The first-order chi connectivity index (χ1) is 7.06. The van der Waals surface area contributed by atoms with Gasteiger partial charge in [0.2, 0.25) is 0 Å². The van der Waals surface area contributed by atoms with E-state index in [1.807, 2.05) is 0 Å². The van der Waals surface area contributed by atoms with Gasteiger partial charge in [0.05, 0.1) is 0 Å². The van der Waals surface area contributed by atoms with Crippen molar-refractivity contribution in [3.05, 3.63) is 34.4 Å². The Kier molecular flexibility index (Phi) is 6.70. The Morgan fingerprint density at radius 1 is 1.12 bits per heavy atom. The topological polar surface area (TPSA) is 26.0 Å². The fourth-order valence-corrected chi connectivity index (χ4v) is 2.34. The molecule has 1 atom stereocenters. The summed E-state index contributed by atoms with van der Waals surface area (Å²) in [7, 11) is 0. The van der Waals surface area contributed by atoms with Crippen molar-refractivity contribution in [3.8, 4) is 0 Å². The second-order valence-corrected chi connectivity index (χ2v) is 4.56. The molecular weight excluding hydrogens is 218 g/mol. The molecule has 0 aliphatic rings. The Morgan fingerprint density at radius 3 is 2.06 bits per heavy atom. The molecule has 16 heavy (non-hydrogen) atoms. The lowest BCUT2D eigenvalue weighted by Gasteiger charge is -2.18. The minimum absolute atomic E-state index is 0. The lowest BCUT2D eigenvalue weighted by atomic mass is 9.92. The molecule has 2 N–H and O–H groups in total. The van der Waals surface area contributed by atoms with Gasteiger partial charge in [0.15, 0.2) is 0 Å². The highest BCUT2D eigenvalue weighted by atomic mass is 35.5. The van der Waals surface area contributed by atoms with Gasteiger partial charge in [-0.25, -0.2) is 0 Å². The van der Waals surface area contributed by atoms with Crippen LogP contribution < -0.4 is 5.73 Å². The van der Waals surface area contributed by atoms with Crippen LogP contribution in [-0.2, 0) is 0 Å². The third kappa shape index (κ3) is 3.80.